The van der Waals surface area contributed by atoms with Crippen LogP contribution in [0.15, 0.2) is 53.6 Å². The highest BCUT2D eigenvalue weighted by molar-refractivity contribution is 5.93. The Balaban J connectivity index is 0.000000396. The lowest BCUT2D eigenvalue weighted by Gasteiger charge is -2.03. The summed E-state index contributed by atoms with van der Waals surface area (Å²) in [5.74, 6) is -3.29. The minimum atomic E-state index is -5.08. The quantitative estimate of drug-likeness (QED) is 0.461. The van der Waals surface area contributed by atoms with E-state index in [2.05, 4.69) is 15.5 Å². The number of nitrogens with one attached hydrogen (secondary N) is 1. The van der Waals surface area contributed by atoms with E-state index in [1.54, 1.807) is 30.7 Å². The molecular weight excluding hydrogens is 412 g/mol. The second-order valence-corrected chi connectivity index (χ2v) is 5.77. The molecule has 0 saturated carbocycles. The minimum absolute atomic E-state index is 0.130. The molecule has 2 heterocycles. The number of carboxylic acids is 1. The fourth-order valence-corrected chi connectivity index (χ4v) is 2.14. The maximum atomic E-state index is 13.7. The van der Waals surface area contributed by atoms with Crippen LogP contribution in [0.1, 0.15) is 16.9 Å². The van der Waals surface area contributed by atoms with Gasteiger partial charge in [-0.25, -0.2) is 14.2 Å². The van der Waals surface area contributed by atoms with Crippen molar-refractivity contribution in [3.63, 3.8) is 0 Å². The van der Waals surface area contributed by atoms with Crippen LogP contribution in [0.3, 0.4) is 0 Å². The number of hydrogen-bond donors (Lipinski definition) is 2. The van der Waals surface area contributed by atoms with Gasteiger partial charge < -0.3 is 19.5 Å². The highest BCUT2D eigenvalue weighted by Crippen LogP contribution is 2.23. The van der Waals surface area contributed by atoms with Crippen LogP contribution in [0.25, 0.3) is 11.3 Å². The highest BCUT2D eigenvalue weighted by Gasteiger charge is 2.38. The summed E-state index contributed by atoms with van der Waals surface area (Å²) in [6, 6.07) is 7.61. The van der Waals surface area contributed by atoms with Crippen molar-refractivity contribution in [1.82, 2.24) is 20.0 Å². The van der Waals surface area contributed by atoms with Crippen LogP contribution in [0, 0.1) is 5.82 Å². The van der Waals surface area contributed by atoms with E-state index in [0.29, 0.717) is 6.54 Å². The van der Waals surface area contributed by atoms with Crippen LogP contribution in [0.2, 0.25) is 0 Å². The molecule has 30 heavy (non-hydrogen) atoms. The predicted octanol–water partition coefficient (Wildman–Crippen LogP) is 3.13. The molecule has 2 N–H and O–H groups in total. The Labute approximate surface area is 167 Å². The van der Waals surface area contributed by atoms with Gasteiger partial charge >= 0.3 is 12.1 Å². The van der Waals surface area contributed by atoms with Crippen molar-refractivity contribution in [3.8, 4) is 11.3 Å². The third-order valence-electron chi connectivity index (χ3n) is 3.56. The monoisotopic (exact) mass is 428 g/mol. The Hall–Kier alpha value is -3.70. The molecule has 8 nitrogen and oxygen atoms in total. The zero-order valence-electron chi connectivity index (χ0n) is 15.3. The predicted molar refractivity (Wildman–Crippen MR) is 94.8 cm³/mol. The van der Waals surface area contributed by atoms with Gasteiger partial charge in [-0.1, -0.05) is 17.3 Å². The molecule has 0 aliphatic carbocycles. The van der Waals surface area contributed by atoms with E-state index < -0.39 is 18.0 Å². The first kappa shape index (κ1) is 22.6. The van der Waals surface area contributed by atoms with Crippen molar-refractivity contribution in [2.24, 2.45) is 0 Å². The first-order valence-electron chi connectivity index (χ1n) is 8.44. The fraction of sp³-hybridized carbons (Fsp3) is 0.222. The molecule has 1 aromatic carbocycles. The Morgan fingerprint density at radius 3 is 2.53 bits per heavy atom. The number of aromatic nitrogens is 3. The number of carboxylic acid groups (broad SMARTS) is 1. The lowest BCUT2D eigenvalue weighted by Crippen LogP contribution is -2.25. The summed E-state index contributed by atoms with van der Waals surface area (Å²) in [5.41, 5.74) is 0.407. The molecule has 12 heteroatoms. The van der Waals surface area contributed by atoms with Crippen molar-refractivity contribution in [2.75, 3.05) is 6.54 Å². The number of nitrogens with zero attached hydrogens (tertiary/aromatic N) is 3. The minimum Gasteiger partial charge on any atom is -0.475 e. The van der Waals surface area contributed by atoms with E-state index in [9.17, 15) is 22.4 Å². The normalized spacial score (nSPS) is 10.8. The van der Waals surface area contributed by atoms with Crippen molar-refractivity contribution in [2.45, 2.75) is 19.1 Å². The van der Waals surface area contributed by atoms with Gasteiger partial charge in [0.15, 0.2) is 11.5 Å². The highest BCUT2D eigenvalue weighted by atomic mass is 19.4. The Bertz CT molecular complexity index is 971. The molecule has 0 atom stereocenters. The third-order valence-corrected chi connectivity index (χ3v) is 3.56. The molecule has 0 bridgehead atoms. The van der Waals surface area contributed by atoms with Crippen molar-refractivity contribution >= 4 is 11.9 Å². The number of halogens is 4. The molecular formula is C18H16F4N4O4. The average molecular weight is 428 g/mol. The smallest absolute Gasteiger partial charge is 0.475 e. The summed E-state index contributed by atoms with van der Waals surface area (Å²) in [5, 5.41) is 13.6. The van der Waals surface area contributed by atoms with E-state index in [0.717, 1.165) is 13.0 Å². The lowest BCUT2D eigenvalue weighted by atomic mass is 10.1. The van der Waals surface area contributed by atoms with Gasteiger partial charge in [0.2, 0.25) is 0 Å². The van der Waals surface area contributed by atoms with E-state index in [1.165, 1.54) is 12.1 Å². The third kappa shape index (κ3) is 6.72. The number of benzene rings is 1. The van der Waals surface area contributed by atoms with Crippen molar-refractivity contribution in [3.05, 3.63) is 60.6 Å². The number of aryl methyl sites for hydroxylation is 1. The van der Waals surface area contributed by atoms with Gasteiger partial charge in [0.25, 0.3) is 5.91 Å². The summed E-state index contributed by atoms with van der Waals surface area (Å²) in [6.07, 6.45) is 0.971. The fourth-order valence-electron chi connectivity index (χ4n) is 2.14. The molecule has 0 saturated heterocycles. The summed E-state index contributed by atoms with van der Waals surface area (Å²) in [7, 11) is 0. The molecule has 3 rings (SSSR count). The lowest BCUT2D eigenvalue weighted by molar-refractivity contribution is -0.192. The molecule has 0 unspecified atom stereocenters. The maximum absolute atomic E-state index is 13.7. The van der Waals surface area contributed by atoms with Crippen LogP contribution >= 0.6 is 0 Å². The second kappa shape index (κ2) is 10.2. The molecule has 160 valence electrons. The Morgan fingerprint density at radius 2 is 1.93 bits per heavy atom. The number of imidazole rings is 1. The van der Waals surface area contributed by atoms with Gasteiger partial charge in [0.05, 0.1) is 11.9 Å². The number of aliphatic carboxylic acids is 1. The summed E-state index contributed by atoms with van der Waals surface area (Å²) in [4.78, 5) is 24.8. The second-order valence-electron chi connectivity index (χ2n) is 5.77. The van der Waals surface area contributed by atoms with Gasteiger partial charge in [-0.2, -0.15) is 13.2 Å². The number of amides is 1. The molecule has 0 radical (unpaired) electrons. The Morgan fingerprint density at radius 1 is 1.23 bits per heavy atom. The molecule has 0 aliphatic rings. The molecule has 0 fully saturated rings. The average Bonchev–Trinajstić information content (AvgIpc) is 3.37. The number of alkyl halides is 3. The largest absolute Gasteiger partial charge is 0.490 e. The zero-order valence-corrected chi connectivity index (χ0v) is 15.3. The summed E-state index contributed by atoms with van der Waals surface area (Å²) < 4.78 is 52.4. The van der Waals surface area contributed by atoms with Crippen molar-refractivity contribution < 1.29 is 36.8 Å². The first-order valence-corrected chi connectivity index (χ1v) is 8.44. The van der Waals surface area contributed by atoms with Gasteiger partial charge in [0, 0.05) is 31.5 Å². The first-order chi connectivity index (χ1) is 14.2. The van der Waals surface area contributed by atoms with Gasteiger partial charge in [-0.05, 0) is 18.6 Å². The summed E-state index contributed by atoms with van der Waals surface area (Å²) in [6.45, 7) is 1.26. The van der Waals surface area contributed by atoms with Gasteiger partial charge in [-0.3, -0.25) is 4.79 Å². The zero-order chi connectivity index (χ0) is 22.1. The summed E-state index contributed by atoms with van der Waals surface area (Å²) >= 11 is 0. The number of rotatable bonds is 6. The molecule has 3 aromatic rings. The van der Waals surface area contributed by atoms with Gasteiger partial charge in [-0.15, -0.1) is 0 Å². The van der Waals surface area contributed by atoms with E-state index in [4.69, 9.17) is 14.4 Å². The number of carbonyl (C=O) groups is 2. The SMILES string of the molecule is O=C(NCCCn1ccnc1)c1cc(-c2ccccc2F)on1.O=C(O)C(F)(F)F. The van der Waals surface area contributed by atoms with E-state index in [1.807, 2.05) is 10.8 Å². The van der Waals surface area contributed by atoms with Crippen LogP contribution in [-0.2, 0) is 11.3 Å². The van der Waals surface area contributed by atoms with Crippen LogP contribution < -0.4 is 5.32 Å². The van der Waals surface area contributed by atoms with Gasteiger partial charge in [0.1, 0.15) is 5.82 Å². The van der Waals surface area contributed by atoms with Crippen LogP contribution in [0.5, 0.6) is 0 Å². The van der Waals surface area contributed by atoms with Crippen LogP contribution in [0.4, 0.5) is 17.6 Å². The van der Waals surface area contributed by atoms with Crippen molar-refractivity contribution in [1.29, 1.82) is 0 Å². The molecule has 0 aliphatic heterocycles. The molecule has 2 aromatic heterocycles. The van der Waals surface area contributed by atoms with E-state index in [-0.39, 0.29) is 22.9 Å². The maximum Gasteiger partial charge on any atom is 0.490 e. The number of hydrogen-bond acceptors (Lipinski definition) is 5. The van der Waals surface area contributed by atoms with E-state index >= 15 is 0 Å². The Kier molecular flexibility index (Phi) is 7.67. The number of carbonyl (C=O) groups excluding carboxylic acids is 1. The molecule has 0 spiro atoms. The molecule has 1 amide bonds. The van der Waals surface area contributed by atoms with Crippen LogP contribution in [-0.4, -0.2) is 44.4 Å². The topological polar surface area (TPSA) is 110 Å². The standard InChI is InChI=1S/C16H15FN4O2.C2HF3O2/c17-13-5-2-1-4-12(13)15-10-14(20-23-15)16(22)19-6-3-8-21-9-7-18-11-21;3-2(4,5)1(6)7/h1-2,4-5,7,9-11H,3,6,8H2,(H,19,22);(H,6,7).